The Morgan fingerprint density at radius 2 is 1.85 bits per heavy atom. The van der Waals surface area contributed by atoms with Crippen LogP contribution in [0.15, 0.2) is 41.3 Å². The Labute approximate surface area is 199 Å². The Balaban J connectivity index is 1.76. The molecule has 3 rings (SSSR count). The quantitative estimate of drug-likeness (QED) is 0.446. The van der Waals surface area contributed by atoms with Crippen LogP contribution < -0.4 is 15.4 Å². The van der Waals surface area contributed by atoms with E-state index >= 15 is 0 Å². The molecule has 0 saturated heterocycles. The lowest BCUT2D eigenvalue weighted by molar-refractivity contribution is -0.114. The molecular formula is C22H29N7O4S. The summed E-state index contributed by atoms with van der Waals surface area (Å²) in [4.78, 5) is 12.8. The Hall–Kier alpha value is -3.51. The number of hydrogen-bond donors (Lipinski definition) is 2. The predicted octanol–water partition coefficient (Wildman–Crippen LogP) is 2.37. The van der Waals surface area contributed by atoms with Crippen LogP contribution in [0.5, 0.6) is 5.75 Å². The highest BCUT2D eigenvalue weighted by Crippen LogP contribution is 2.29. The first-order valence-corrected chi connectivity index (χ1v) is 12.2. The molecule has 0 aliphatic heterocycles. The summed E-state index contributed by atoms with van der Waals surface area (Å²) in [6, 6.07) is 10.0. The van der Waals surface area contributed by atoms with Crippen molar-refractivity contribution in [3.63, 3.8) is 0 Å². The number of nitrogens with one attached hydrogen (secondary N) is 2. The van der Waals surface area contributed by atoms with Gasteiger partial charge in [-0.15, -0.1) is 5.10 Å². The molecule has 1 heterocycles. The molecule has 12 heteroatoms. The number of carbonyl (C=O) groups is 1. The minimum atomic E-state index is -3.68. The summed E-state index contributed by atoms with van der Waals surface area (Å²) in [6.45, 7) is 7.94. The van der Waals surface area contributed by atoms with Gasteiger partial charge in [-0.05, 0) is 60.2 Å². The summed E-state index contributed by atoms with van der Waals surface area (Å²) >= 11 is 0. The van der Waals surface area contributed by atoms with Crippen LogP contribution in [0.4, 0.5) is 11.4 Å². The molecule has 11 nitrogen and oxygen atoms in total. The number of carbonyl (C=O) groups excluding carboxylic acids is 1. The molecule has 0 spiro atoms. The van der Waals surface area contributed by atoms with Gasteiger partial charge < -0.3 is 15.4 Å². The number of methoxy groups -OCH3 is 1. The zero-order chi connectivity index (χ0) is 24.9. The van der Waals surface area contributed by atoms with Crippen LogP contribution in [-0.2, 0) is 14.8 Å². The van der Waals surface area contributed by atoms with Crippen LogP contribution in [0.1, 0.15) is 25.2 Å². The van der Waals surface area contributed by atoms with Crippen molar-refractivity contribution in [2.24, 2.45) is 0 Å². The van der Waals surface area contributed by atoms with Crippen molar-refractivity contribution >= 4 is 27.3 Å². The average Bonchev–Trinajstić information content (AvgIpc) is 3.24. The fourth-order valence-corrected chi connectivity index (χ4v) is 4.92. The molecule has 0 radical (unpaired) electrons. The van der Waals surface area contributed by atoms with Gasteiger partial charge in [0.1, 0.15) is 5.75 Å². The molecule has 0 fully saturated rings. The third-order valence-corrected chi connectivity index (χ3v) is 7.35. The van der Waals surface area contributed by atoms with Gasteiger partial charge in [0.15, 0.2) is 5.82 Å². The first-order valence-electron chi connectivity index (χ1n) is 10.8. The van der Waals surface area contributed by atoms with Crippen LogP contribution in [0, 0.1) is 13.8 Å². The minimum absolute atomic E-state index is 0.0483. The number of nitrogens with zero attached hydrogens (tertiary/aromatic N) is 5. The molecule has 1 aromatic heterocycles. The fraction of sp³-hybridized carbons (Fsp3) is 0.364. The van der Waals surface area contributed by atoms with Crippen LogP contribution in [0.2, 0.25) is 0 Å². The van der Waals surface area contributed by atoms with E-state index in [2.05, 4.69) is 26.2 Å². The number of aryl methyl sites for hydroxylation is 2. The molecule has 0 atom stereocenters. The van der Waals surface area contributed by atoms with Crippen LogP contribution in [-0.4, -0.2) is 65.6 Å². The molecule has 2 aromatic carbocycles. The van der Waals surface area contributed by atoms with Gasteiger partial charge in [-0.1, -0.05) is 19.9 Å². The number of amides is 1. The topological polar surface area (TPSA) is 131 Å². The highest BCUT2D eigenvalue weighted by molar-refractivity contribution is 7.89. The first-order chi connectivity index (χ1) is 16.2. The van der Waals surface area contributed by atoms with Crippen molar-refractivity contribution in [1.29, 1.82) is 0 Å². The largest absolute Gasteiger partial charge is 0.495 e. The van der Waals surface area contributed by atoms with Crippen molar-refractivity contribution in [2.75, 3.05) is 37.4 Å². The van der Waals surface area contributed by atoms with E-state index in [1.54, 1.807) is 25.5 Å². The van der Waals surface area contributed by atoms with Crippen molar-refractivity contribution in [3.8, 4) is 11.4 Å². The Kier molecular flexibility index (Phi) is 7.84. The van der Waals surface area contributed by atoms with Crippen molar-refractivity contribution in [2.45, 2.75) is 32.6 Å². The maximum absolute atomic E-state index is 12.9. The molecule has 34 heavy (non-hydrogen) atoms. The molecule has 0 unspecified atom stereocenters. The van der Waals surface area contributed by atoms with Crippen molar-refractivity contribution in [1.82, 2.24) is 24.5 Å². The van der Waals surface area contributed by atoms with Gasteiger partial charge in [-0.2, -0.15) is 8.99 Å². The number of rotatable bonds is 10. The second-order valence-electron chi connectivity index (χ2n) is 7.49. The summed E-state index contributed by atoms with van der Waals surface area (Å²) in [6.07, 6.45) is 0. The lowest BCUT2D eigenvalue weighted by Crippen LogP contribution is -2.30. The van der Waals surface area contributed by atoms with E-state index in [0.717, 1.165) is 11.3 Å². The van der Waals surface area contributed by atoms with E-state index in [1.165, 1.54) is 29.6 Å². The van der Waals surface area contributed by atoms with Gasteiger partial charge in [-0.25, -0.2) is 8.42 Å². The lowest BCUT2D eigenvalue weighted by Gasteiger charge is -2.19. The summed E-state index contributed by atoms with van der Waals surface area (Å²) in [5.74, 6) is 0.639. The average molecular weight is 488 g/mol. The van der Waals surface area contributed by atoms with Gasteiger partial charge in [0.05, 0.1) is 29.9 Å². The maximum atomic E-state index is 12.9. The third-order valence-electron chi connectivity index (χ3n) is 5.30. The summed E-state index contributed by atoms with van der Waals surface area (Å²) in [5.41, 5.74) is 2.75. The Morgan fingerprint density at radius 3 is 2.47 bits per heavy atom. The number of benzene rings is 2. The number of sulfonamides is 1. The van der Waals surface area contributed by atoms with E-state index in [9.17, 15) is 13.2 Å². The zero-order valence-electron chi connectivity index (χ0n) is 19.9. The van der Waals surface area contributed by atoms with E-state index < -0.39 is 10.0 Å². The third kappa shape index (κ3) is 5.34. The van der Waals surface area contributed by atoms with Crippen molar-refractivity contribution < 1.29 is 17.9 Å². The number of hydrogen-bond acceptors (Lipinski definition) is 8. The standard InChI is InChI=1S/C22H29N7O4S/c1-6-28(7-2)34(31,32)18-10-11-21(33-5)19(13-18)24-22(30)14-23-17-9-8-15(3)20(12-17)29-16(4)25-26-27-29/h8-13,23H,6-7,14H2,1-5H3,(H,24,30). The summed E-state index contributed by atoms with van der Waals surface area (Å²) < 4.78 is 34.0. The van der Waals surface area contributed by atoms with Crippen LogP contribution in [0.3, 0.4) is 0 Å². The molecule has 1 amide bonds. The van der Waals surface area contributed by atoms with Gasteiger partial charge >= 0.3 is 0 Å². The zero-order valence-corrected chi connectivity index (χ0v) is 20.7. The Morgan fingerprint density at radius 1 is 1.12 bits per heavy atom. The van der Waals surface area contributed by atoms with Gasteiger partial charge in [0.25, 0.3) is 0 Å². The molecular weight excluding hydrogens is 458 g/mol. The normalized spacial score (nSPS) is 11.5. The minimum Gasteiger partial charge on any atom is -0.495 e. The molecule has 0 aliphatic carbocycles. The number of aromatic nitrogens is 4. The molecule has 182 valence electrons. The van der Waals surface area contributed by atoms with E-state index in [4.69, 9.17) is 4.74 Å². The SMILES string of the molecule is CCN(CC)S(=O)(=O)c1ccc(OC)c(NC(=O)CNc2ccc(C)c(-n3nnnc3C)c2)c1. The second-order valence-corrected chi connectivity index (χ2v) is 9.43. The number of ether oxygens (including phenoxy) is 1. The highest BCUT2D eigenvalue weighted by atomic mass is 32.2. The molecule has 0 saturated carbocycles. The highest BCUT2D eigenvalue weighted by Gasteiger charge is 2.23. The first kappa shape index (κ1) is 25.1. The molecule has 0 aliphatic rings. The number of tetrazole rings is 1. The smallest absolute Gasteiger partial charge is 0.243 e. The van der Waals surface area contributed by atoms with Crippen molar-refractivity contribution in [3.05, 3.63) is 47.8 Å². The monoisotopic (exact) mass is 487 g/mol. The maximum Gasteiger partial charge on any atom is 0.243 e. The van der Waals surface area contributed by atoms with Gasteiger partial charge in [-0.3, -0.25) is 4.79 Å². The van der Waals surface area contributed by atoms with E-state index in [0.29, 0.717) is 30.4 Å². The van der Waals surface area contributed by atoms with Gasteiger partial charge in [0, 0.05) is 18.8 Å². The van der Waals surface area contributed by atoms with E-state index in [1.807, 2.05) is 25.1 Å². The molecule has 3 aromatic rings. The molecule has 0 bridgehead atoms. The predicted molar refractivity (Wildman–Crippen MR) is 129 cm³/mol. The van der Waals surface area contributed by atoms with Crippen LogP contribution in [0.25, 0.3) is 5.69 Å². The molecule has 2 N–H and O–H groups in total. The summed E-state index contributed by atoms with van der Waals surface area (Å²) in [5, 5.41) is 17.4. The Bertz CT molecular complexity index is 1270. The second kappa shape index (κ2) is 10.6. The summed E-state index contributed by atoms with van der Waals surface area (Å²) in [7, 11) is -2.23. The van der Waals surface area contributed by atoms with E-state index in [-0.39, 0.29) is 23.0 Å². The lowest BCUT2D eigenvalue weighted by atomic mass is 10.2. The van der Waals surface area contributed by atoms with Gasteiger partial charge in [0.2, 0.25) is 15.9 Å². The fourth-order valence-electron chi connectivity index (χ4n) is 3.44. The van der Waals surface area contributed by atoms with Crippen LogP contribution >= 0.6 is 0 Å². The number of anilines is 2.